The molecule has 0 bridgehead atoms. The minimum atomic E-state index is -4.54. The van der Waals surface area contributed by atoms with E-state index in [0.29, 0.717) is 11.4 Å². The molecular formula is C19H19F3N2O3. The van der Waals surface area contributed by atoms with Gasteiger partial charge in [0.1, 0.15) is 12.3 Å². The van der Waals surface area contributed by atoms with E-state index in [0.717, 1.165) is 12.1 Å². The minimum absolute atomic E-state index is 0.124. The zero-order valence-corrected chi connectivity index (χ0v) is 14.8. The summed E-state index contributed by atoms with van der Waals surface area (Å²) in [6.45, 7) is 1.52. The van der Waals surface area contributed by atoms with Crippen molar-refractivity contribution in [2.75, 3.05) is 25.5 Å². The van der Waals surface area contributed by atoms with Crippen LogP contribution in [-0.2, 0) is 11.0 Å². The molecule has 5 nitrogen and oxygen atoms in total. The van der Waals surface area contributed by atoms with Crippen molar-refractivity contribution in [3.8, 4) is 5.75 Å². The van der Waals surface area contributed by atoms with Crippen LogP contribution in [0.1, 0.15) is 22.8 Å². The van der Waals surface area contributed by atoms with Gasteiger partial charge in [0.15, 0.2) is 0 Å². The standard InChI is InChI=1S/C19H19F3N2O3/c1-3-24(12-17(25)23-15-8-5-9-16(11-15)27-2)18(26)13-6-4-7-14(10-13)19(20,21)22/h4-11H,3,12H2,1-2H3,(H,23,25). The number of hydrogen-bond donors (Lipinski definition) is 1. The first-order valence-corrected chi connectivity index (χ1v) is 8.15. The number of amides is 2. The number of likely N-dealkylation sites (N-methyl/N-ethyl adjacent to an activating group) is 1. The van der Waals surface area contributed by atoms with Gasteiger partial charge >= 0.3 is 6.18 Å². The van der Waals surface area contributed by atoms with Crippen LogP contribution in [0.3, 0.4) is 0 Å². The zero-order chi connectivity index (χ0) is 20.0. The number of methoxy groups -OCH3 is 1. The van der Waals surface area contributed by atoms with Gasteiger partial charge in [-0.3, -0.25) is 9.59 Å². The van der Waals surface area contributed by atoms with E-state index < -0.39 is 23.6 Å². The average molecular weight is 380 g/mol. The summed E-state index contributed by atoms with van der Waals surface area (Å²) >= 11 is 0. The molecule has 0 saturated carbocycles. The molecule has 2 aromatic carbocycles. The second-order valence-corrected chi connectivity index (χ2v) is 5.68. The lowest BCUT2D eigenvalue weighted by Gasteiger charge is -2.21. The minimum Gasteiger partial charge on any atom is -0.497 e. The largest absolute Gasteiger partial charge is 0.497 e. The fraction of sp³-hybridized carbons (Fsp3) is 0.263. The van der Waals surface area contributed by atoms with E-state index in [4.69, 9.17) is 4.74 Å². The van der Waals surface area contributed by atoms with E-state index in [2.05, 4.69) is 5.32 Å². The lowest BCUT2D eigenvalue weighted by molar-refractivity contribution is -0.137. The number of nitrogens with zero attached hydrogens (tertiary/aromatic N) is 1. The molecule has 0 aliphatic rings. The second-order valence-electron chi connectivity index (χ2n) is 5.68. The summed E-state index contributed by atoms with van der Waals surface area (Å²) in [6.07, 6.45) is -4.54. The number of benzene rings is 2. The number of halogens is 3. The number of carbonyl (C=O) groups is 2. The molecule has 144 valence electrons. The number of nitrogens with one attached hydrogen (secondary N) is 1. The van der Waals surface area contributed by atoms with Crippen LogP contribution < -0.4 is 10.1 Å². The topological polar surface area (TPSA) is 58.6 Å². The molecule has 27 heavy (non-hydrogen) atoms. The molecule has 0 unspecified atom stereocenters. The van der Waals surface area contributed by atoms with E-state index >= 15 is 0 Å². The Morgan fingerprint density at radius 3 is 2.44 bits per heavy atom. The Morgan fingerprint density at radius 1 is 1.11 bits per heavy atom. The van der Waals surface area contributed by atoms with Gasteiger partial charge in [0.25, 0.3) is 5.91 Å². The van der Waals surface area contributed by atoms with Gasteiger partial charge in [-0.2, -0.15) is 13.2 Å². The molecular weight excluding hydrogens is 361 g/mol. The highest BCUT2D eigenvalue weighted by Crippen LogP contribution is 2.29. The Balaban J connectivity index is 2.09. The van der Waals surface area contributed by atoms with Crippen molar-refractivity contribution < 1.29 is 27.5 Å². The van der Waals surface area contributed by atoms with E-state index in [1.165, 1.54) is 24.1 Å². The summed E-state index contributed by atoms with van der Waals surface area (Å²) < 4.78 is 43.6. The van der Waals surface area contributed by atoms with E-state index in [1.807, 2.05) is 0 Å². The highest BCUT2D eigenvalue weighted by atomic mass is 19.4. The Kier molecular flexibility index (Phi) is 6.44. The van der Waals surface area contributed by atoms with Crippen LogP contribution in [0, 0.1) is 0 Å². The summed E-state index contributed by atoms with van der Waals surface area (Å²) in [5.74, 6) is -0.560. The molecule has 8 heteroatoms. The van der Waals surface area contributed by atoms with Crippen LogP contribution in [0.25, 0.3) is 0 Å². The van der Waals surface area contributed by atoms with Crippen LogP contribution in [0.15, 0.2) is 48.5 Å². The quantitative estimate of drug-likeness (QED) is 0.829. The predicted molar refractivity (Wildman–Crippen MR) is 94.6 cm³/mol. The number of alkyl halides is 3. The molecule has 0 saturated heterocycles. The number of carbonyl (C=O) groups excluding carboxylic acids is 2. The lowest BCUT2D eigenvalue weighted by Crippen LogP contribution is -2.38. The molecule has 2 rings (SSSR count). The first-order valence-electron chi connectivity index (χ1n) is 8.15. The van der Waals surface area contributed by atoms with Crippen molar-refractivity contribution in [1.82, 2.24) is 4.90 Å². The Bertz CT molecular complexity index is 822. The molecule has 0 spiro atoms. The fourth-order valence-electron chi connectivity index (χ4n) is 2.41. The number of hydrogen-bond acceptors (Lipinski definition) is 3. The lowest BCUT2D eigenvalue weighted by atomic mass is 10.1. The van der Waals surface area contributed by atoms with E-state index in [-0.39, 0.29) is 18.7 Å². The third-order valence-corrected chi connectivity index (χ3v) is 3.79. The van der Waals surface area contributed by atoms with Gasteiger partial charge in [-0.15, -0.1) is 0 Å². The molecule has 0 aliphatic heterocycles. The summed E-state index contributed by atoms with van der Waals surface area (Å²) in [6, 6.07) is 10.8. The summed E-state index contributed by atoms with van der Waals surface area (Å²) in [5.41, 5.74) is -0.548. The SMILES string of the molecule is CCN(CC(=O)Nc1cccc(OC)c1)C(=O)c1cccc(C(F)(F)F)c1. The summed E-state index contributed by atoms with van der Waals surface area (Å²) in [5, 5.41) is 2.63. The van der Waals surface area contributed by atoms with Gasteiger partial charge in [-0.1, -0.05) is 12.1 Å². The number of rotatable bonds is 6. The van der Waals surface area contributed by atoms with Gasteiger partial charge in [0.05, 0.1) is 12.7 Å². The summed E-state index contributed by atoms with van der Waals surface area (Å²) in [4.78, 5) is 25.9. The Labute approximate surface area is 154 Å². The fourth-order valence-corrected chi connectivity index (χ4v) is 2.41. The molecule has 0 aromatic heterocycles. The molecule has 0 radical (unpaired) electrons. The van der Waals surface area contributed by atoms with Gasteiger partial charge in [0.2, 0.25) is 5.91 Å². The molecule has 2 amide bonds. The molecule has 0 fully saturated rings. The second kappa shape index (κ2) is 8.57. The maximum Gasteiger partial charge on any atom is 0.416 e. The molecule has 2 aromatic rings. The number of ether oxygens (including phenoxy) is 1. The van der Waals surface area contributed by atoms with Crippen LogP contribution in [0.5, 0.6) is 5.75 Å². The van der Waals surface area contributed by atoms with Crippen LogP contribution in [-0.4, -0.2) is 36.9 Å². The van der Waals surface area contributed by atoms with Crippen LogP contribution in [0.4, 0.5) is 18.9 Å². The van der Waals surface area contributed by atoms with E-state index in [1.54, 1.807) is 31.2 Å². The van der Waals surface area contributed by atoms with Crippen molar-refractivity contribution >= 4 is 17.5 Å². The van der Waals surface area contributed by atoms with Gasteiger partial charge in [0, 0.05) is 23.9 Å². The van der Waals surface area contributed by atoms with Crippen molar-refractivity contribution in [3.05, 3.63) is 59.7 Å². The monoisotopic (exact) mass is 380 g/mol. The predicted octanol–water partition coefficient (Wildman–Crippen LogP) is 3.81. The van der Waals surface area contributed by atoms with Gasteiger partial charge < -0.3 is 15.0 Å². The molecule has 1 N–H and O–H groups in total. The van der Waals surface area contributed by atoms with E-state index in [9.17, 15) is 22.8 Å². The van der Waals surface area contributed by atoms with Crippen molar-refractivity contribution in [1.29, 1.82) is 0 Å². The highest BCUT2D eigenvalue weighted by Gasteiger charge is 2.31. The molecule has 0 atom stereocenters. The van der Waals surface area contributed by atoms with Crippen molar-refractivity contribution in [2.45, 2.75) is 13.1 Å². The van der Waals surface area contributed by atoms with Gasteiger partial charge in [-0.05, 0) is 37.3 Å². The van der Waals surface area contributed by atoms with Crippen molar-refractivity contribution in [2.24, 2.45) is 0 Å². The average Bonchev–Trinajstić information content (AvgIpc) is 2.65. The Hall–Kier alpha value is -3.03. The molecule has 0 heterocycles. The number of anilines is 1. The van der Waals surface area contributed by atoms with Crippen molar-refractivity contribution in [3.63, 3.8) is 0 Å². The third-order valence-electron chi connectivity index (χ3n) is 3.79. The highest BCUT2D eigenvalue weighted by molar-refractivity contribution is 5.99. The normalized spacial score (nSPS) is 11.0. The first-order chi connectivity index (χ1) is 12.7. The maximum absolute atomic E-state index is 12.8. The first kappa shape index (κ1) is 20.3. The van der Waals surface area contributed by atoms with Crippen LogP contribution in [0.2, 0.25) is 0 Å². The third kappa shape index (κ3) is 5.47. The smallest absolute Gasteiger partial charge is 0.416 e. The Morgan fingerprint density at radius 2 is 1.81 bits per heavy atom. The zero-order valence-electron chi connectivity index (χ0n) is 14.8. The van der Waals surface area contributed by atoms with Gasteiger partial charge in [-0.25, -0.2) is 0 Å². The summed E-state index contributed by atoms with van der Waals surface area (Å²) in [7, 11) is 1.49. The maximum atomic E-state index is 12.8. The van der Waals surface area contributed by atoms with Crippen LogP contribution >= 0.6 is 0 Å². The molecule has 0 aliphatic carbocycles.